The number of hydrogen-bond acceptors (Lipinski definition) is 2. The Morgan fingerprint density at radius 2 is 1.82 bits per heavy atom. The van der Waals surface area contributed by atoms with Crippen LogP contribution in [0.4, 0.5) is 0 Å². The van der Waals surface area contributed by atoms with Gasteiger partial charge in [0, 0.05) is 19.1 Å². The summed E-state index contributed by atoms with van der Waals surface area (Å²) in [6, 6.07) is 0.756. The van der Waals surface area contributed by atoms with Gasteiger partial charge in [0.15, 0.2) is 0 Å². The molecule has 0 aromatic carbocycles. The van der Waals surface area contributed by atoms with Crippen molar-refractivity contribution in [2.75, 3.05) is 19.6 Å². The summed E-state index contributed by atoms with van der Waals surface area (Å²) in [5.74, 6) is 4.71. The molecule has 128 valence electrons. The van der Waals surface area contributed by atoms with Crippen molar-refractivity contribution in [3.05, 3.63) is 0 Å². The molecule has 0 aliphatic heterocycles. The molecule has 4 aliphatic rings. The summed E-state index contributed by atoms with van der Waals surface area (Å²) in [6.07, 6.45) is 8.68. The number of fused-ring (bicyclic) bond motifs is 2. The van der Waals surface area contributed by atoms with Crippen LogP contribution in [-0.2, 0) is 0 Å². The van der Waals surface area contributed by atoms with Crippen molar-refractivity contribution in [3.63, 3.8) is 0 Å². The Kier molecular flexibility index (Phi) is 5.19. The highest BCUT2D eigenvalue weighted by Crippen LogP contribution is 2.61. The van der Waals surface area contributed by atoms with Crippen molar-refractivity contribution in [2.24, 2.45) is 35.0 Å². The van der Waals surface area contributed by atoms with Gasteiger partial charge >= 0.3 is 0 Å². The van der Waals surface area contributed by atoms with Crippen LogP contribution in [0.1, 0.15) is 66.2 Å². The number of nitrogens with one attached hydrogen (secondary N) is 2. The molecular formula is C20H38N2. The molecule has 6 atom stereocenters. The molecular weight excluding hydrogens is 268 g/mol. The molecule has 2 heteroatoms. The Labute approximate surface area is 138 Å². The maximum Gasteiger partial charge on any atom is 0.00957 e. The van der Waals surface area contributed by atoms with Gasteiger partial charge in [-0.1, -0.05) is 40.5 Å². The summed E-state index contributed by atoms with van der Waals surface area (Å²) >= 11 is 0. The monoisotopic (exact) mass is 306 g/mol. The molecule has 0 spiro atoms. The molecule has 4 unspecified atom stereocenters. The minimum Gasteiger partial charge on any atom is -0.315 e. The molecule has 2 bridgehead atoms. The molecule has 0 radical (unpaired) electrons. The topological polar surface area (TPSA) is 24.1 Å². The first kappa shape index (κ1) is 16.8. The van der Waals surface area contributed by atoms with Crippen LogP contribution in [0.25, 0.3) is 0 Å². The summed E-state index contributed by atoms with van der Waals surface area (Å²) in [7, 11) is 0. The third kappa shape index (κ3) is 3.24. The van der Waals surface area contributed by atoms with Gasteiger partial charge in [-0.25, -0.2) is 0 Å². The molecule has 0 saturated heterocycles. The van der Waals surface area contributed by atoms with Gasteiger partial charge in [0.1, 0.15) is 0 Å². The fraction of sp³-hybridized carbons (Fsp3) is 1.00. The van der Waals surface area contributed by atoms with E-state index in [1.54, 1.807) is 0 Å². The lowest BCUT2D eigenvalue weighted by Crippen LogP contribution is -2.54. The average Bonchev–Trinajstić information content (AvgIpc) is 2.51. The van der Waals surface area contributed by atoms with Gasteiger partial charge in [-0.05, 0) is 67.2 Å². The molecule has 0 heterocycles. The van der Waals surface area contributed by atoms with Crippen molar-refractivity contribution >= 4 is 0 Å². The van der Waals surface area contributed by atoms with Gasteiger partial charge in [-0.2, -0.15) is 0 Å². The van der Waals surface area contributed by atoms with Gasteiger partial charge in [0.25, 0.3) is 0 Å². The summed E-state index contributed by atoms with van der Waals surface area (Å²) < 4.78 is 0. The van der Waals surface area contributed by atoms with E-state index < -0.39 is 0 Å². The van der Waals surface area contributed by atoms with E-state index in [1.165, 1.54) is 45.1 Å². The Balaban J connectivity index is 1.31. The molecule has 4 rings (SSSR count). The molecule has 0 amide bonds. The minimum absolute atomic E-state index is 0.635. The highest BCUT2D eigenvalue weighted by molar-refractivity contribution is 5.03. The van der Waals surface area contributed by atoms with E-state index in [0.29, 0.717) is 5.41 Å². The molecule has 22 heavy (non-hydrogen) atoms. The van der Waals surface area contributed by atoms with Crippen molar-refractivity contribution < 1.29 is 0 Å². The lowest BCUT2D eigenvalue weighted by molar-refractivity contribution is -0.103. The van der Waals surface area contributed by atoms with Gasteiger partial charge in [-0.15, -0.1) is 0 Å². The van der Waals surface area contributed by atoms with E-state index >= 15 is 0 Å². The third-order valence-corrected chi connectivity index (χ3v) is 7.82. The second-order valence-electron chi connectivity index (χ2n) is 9.23. The third-order valence-electron chi connectivity index (χ3n) is 7.82. The number of hydrogen-bond donors (Lipinski definition) is 2. The summed E-state index contributed by atoms with van der Waals surface area (Å²) in [4.78, 5) is 0. The Hall–Kier alpha value is -0.0800. The number of rotatable bonds is 6. The van der Waals surface area contributed by atoms with E-state index in [4.69, 9.17) is 0 Å². The lowest BCUT2D eigenvalue weighted by Gasteiger charge is -2.60. The second-order valence-corrected chi connectivity index (χ2v) is 9.23. The van der Waals surface area contributed by atoms with Crippen LogP contribution >= 0.6 is 0 Å². The van der Waals surface area contributed by atoms with Crippen LogP contribution in [0.2, 0.25) is 0 Å². The van der Waals surface area contributed by atoms with E-state index in [-0.39, 0.29) is 0 Å². The first-order valence-electron chi connectivity index (χ1n) is 9.94. The fourth-order valence-corrected chi connectivity index (χ4v) is 5.71. The summed E-state index contributed by atoms with van der Waals surface area (Å²) in [5.41, 5.74) is 0.635. The van der Waals surface area contributed by atoms with E-state index in [2.05, 4.69) is 38.3 Å². The average molecular weight is 307 g/mol. The van der Waals surface area contributed by atoms with E-state index in [0.717, 1.165) is 48.7 Å². The molecule has 4 aliphatic carbocycles. The molecule has 4 saturated carbocycles. The van der Waals surface area contributed by atoms with Crippen LogP contribution in [-0.4, -0.2) is 25.7 Å². The van der Waals surface area contributed by atoms with Crippen LogP contribution < -0.4 is 10.6 Å². The first-order valence-corrected chi connectivity index (χ1v) is 9.94. The zero-order valence-corrected chi connectivity index (χ0v) is 15.3. The smallest absolute Gasteiger partial charge is 0.00957 e. The molecule has 0 aromatic heterocycles. The zero-order valence-electron chi connectivity index (χ0n) is 15.3. The van der Waals surface area contributed by atoms with E-state index in [1.807, 2.05) is 0 Å². The second kappa shape index (κ2) is 6.81. The Morgan fingerprint density at radius 3 is 2.55 bits per heavy atom. The van der Waals surface area contributed by atoms with Crippen LogP contribution in [0.3, 0.4) is 0 Å². The van der Waals surface area contributed by atoms with Gasteiger partial charge in [-0.3, -0.25) is 0 Å². The zero-order chi connectivity index (χ0) is 15.7. The summed E-state index contributed by atoms with van der Waals surface area (Å²) in [5, 5.41) is 7.57. The van der Waals surface area contributed by atoms with E-state index in [9.17, 15) is 0 Å². The van der Waals surface area contributed by atoms with Crippen LogP contribution in [0, 0.1) is 35.0 Å². The molecule has 4 fully saturated rings. The van der Waals surface area contributed by atoms with Crippen molar-refractivity contribution in [3.8, 4) is 0 Å². The molecule has 2 nitrogen and oxygen atoms in total. The normalized spacial score (nSPS) is 43.6. The van der Waals surface area contributed by atoms with Crippen molar-refractivity contribution in [1.29, 1.82) is 0 Å². The summed E-state index contributed by atoms with van der Waals surface area (Å²) in [6.45, 7) is 13.4. The van der Waals surface area contributed by atoms with Crippen molar-refractivity contribution in [2.45, 2.75) is 72.3 Å². The Morgan fingerprint density at radius 1 is 1.00 bits per heavy atom. The van der Waals surface area contributed by atoms with Gasteiger partial charge in [0.05, 0.1) is 0 Å². The standard InChI is InChI=1S/C20H38N2/c1-14-6-5-7-19(15(14)2)22-11-10-21-13-16-8-9-17-12-18(16)20(17,3)4/h14-19,21-22H,5-13H2,1-4H3/t14?,15?,16-,17?,18-,19?/m0/s1. The molecule has 2 N–H and O–H groups in total. The van der Waals surface area contributed by atoms with Crippen LogP contribution in [0.5, 0.6) is 0 Å². The predicted molar refractivity (Wildman–Crippen MR) is 94.9 cm³/mol. The predicted octanol–water partition coefficient (Wildman–Crippen LogP) is 4.06. The highest BCUT2D eigenvalue weighted by atomic mass is 15.0. The van der Waals surface area contributed by atoms with Crippen molar-refractivity contribution in [1.82, 2.24) is 10.6 Å². The minimum atomic E-state index is 0.635. The maximum atomic E-state index is 3.81. The molecule has 0 aromatic rings. The largest absolute Gasteiger partial charge is 0.315 e. The lowest BCUT2D eigenvalue weighted by atomic mass is 9.45. The van der Waals surface area contributed by atoms with Gasteiger partial charge in [0.2, 0.25) is 0 Å². The quantitative estimate of drug-likeness (QED) is 0.723. The fourth-order valence-electron chi connectivity index (χ4n) is 5.71. The maximum absolute atomic E-state index is 3.81. The highest BCUT2D eigenvalue weighted by Gasteiger charge is 2.53. The SMILES string of the molecule is CC1CCCC(NCCNC[C@@H]2CCC3C[C@@H]2C3(C)C)C1C. The Bertz CT molecular complexity index is 363. The first-order chi connectivity index (χ1) is 10.5. The van der Waals surface area contributed by atoms with Crippen LogP contribution in [0.15, 0.2) is 0 Å². The van der Waals surface area contributed by atoms with Gasteiger partial charge < -0.3 is 10.6 Å².